The number of rotatable bonds is 27. The molecule has 0 unspecified atom stereocenters. The summed E-state index contributed by atoms with van der Waals surface area (Å²) in [4.78, 5) is 104. The van der Waals surface area contributed by atoms with Crippen LogP contribution in [-0.2, 0) is 49.5 Å². The number of nitrogens with zero attached hydrogens (tertiary/aromatic N) is 4. The largest absolute Gasteiger partial charge is 0.379 e. The summed E-state index contributed by atoms with van der Waals surface area (Å²) in [6.07, 6.45) is 10.3. The fraction of sp³-hybridized carbons (Fsp3) is 0.654. The monoisotopic (exact) mass is 961 g/mol. The van der Waals surface area contributed by atoms with Crippen molar-refractivity contribution in [3.05, 3.63) is 64.6 Å². The van der Waals surface area contributed by atoms with E-state index < -0.39 is 35.6 Å². The van der Waals surface area contributed by atoms with Crippen LogP contribution in [0, 0.1) is 23.7 Å². The predicted octanol–water partition coefficient (Wildman–Crippen LogP) is 6.61. The van der Waals surface area contributed by atoms with Crippen molar-refractivity contribution in [2.24, 2.45) is 23.7 Å². The maximum absolute atomic E-state index is 14.7. The third-order valence-corrected chi connectivity index (χ3v) is 15.6. The Morgan fingerprint density at radius 3 is 2.22 bits per heavy atom. The number of benzene rings is 1. The van der Waals surface area contributed by atoms with Crippen molar-refractivity contribution in [2.75, 3.05) is 34.4 Å². The van der Waals surface area contributed by atoms with Crippen LogP contribution < -0.4 is 10.6 Å². The predicted molar refractivity (Wildman–Crippen MR) is 261 cm³/mol. The number of unbranched alkanes of at least 4 members (excludes halogenated alkanes) is 2. The molecule has 0 bridgehead atoms. The normalized spacial score (nSPS) is 19.9. The topological polar surface area (TPSA) is 185 Å². The minimum Gasteiger partial charge on any atom is -0.379 e. The number of likely N-dealkylation sites (N-methyl/N-ethyl adjacent to an activating group) is 1. The van der Waals surface area contributed by atoms with Gasteiger partial charge < -0.3 is 29.9 Å². The fourth-order valence-electron chi connectivity index (χ4n) is 10.5. The molecular formula is C52H76N6O9S. The summed E-state index contributed by atoms with van der Waals surface area (Å²) in [5.74, 6) is -3.07. The third-order valence-electron chi connectivity index (χ3n) is 14.7. The average molecular weight is 961 g/mol. The molecule has 2 aromatic rings. The van der Waals surface area contributed by atoms with Crippen molar-refractivity contribution in [1.29, 1.82) is 0 Å². The number of carbonyl (C=O) groups excluding carboxylic acids is 7. The Hall–Kier alpha value is -4.80. The van der Waals surface area contributed by atoms with Gasteiger partial charge in [0, 0.05) is 76.8 Å². The maximum atomic E-state index is 14.7. The van der Waals surface area contributed by atoms with Crippen molar-refractivity contribution in [3.63, 3.8) is 0 Å². The highest BCUT2D eigenvalue weighted by atomic mass is 32.1. The Morgan fingerprint density at radius 2 is 1.62 bits per heavy atom. The first-order valence-corrected chi connectivity index (χ1v) is 25.7. The SMILES string of the molecule is CC[C@H](C)[C@@H]([C@@H](CC(=O)N1CCC[C@H]1[C@H](OC)[C@@H](C)C(=O)N[C@@H](Cc1ccccc1)c1nccs1)OC)N(C)C(=O)[C@@H](CC(=O)C1(NC(=O)CCCCCN2C(=O)C=CC2=O)CCCC1)C(C)C. The highest BCUT2D eigenvalue weighted by Gasteiger charge is 2.46. The lowest BCUT2D eigenvalue weighted by molar-refractivity contribution is -0.149. The zero-order valence-electron chi connectivity index (χ0n) is 41.6. The quantitative estimate of drug-likeness (QED) is 0.0730. The molecule has 1 aromatic carbocycles. The molecule has 8 atom stereocenters. The molecule has 2 fully saturated rings. The van der Waals surface area contributed by atoms with Gasteiger partial charge in [-0.05, 0) is 62.3 Å². The lowest BCUT2D eigenvalue weighted by Crippen LogP contribution is -2.56. The Morgan fingerprint density at radius 1 is 0.926 bits per heavy atom. The van der Waals surface area contributed by atoms with Gasteiger partial charge >= 0.3 is 0 Å². The van der Waals surface area contributed by atoms with Crippen LogP contribution in [0.2, 0.25) is 0 Å². The number of Topliss-reactive ketones (excluding diaryl/α,β-unsaturated/α-hetero) is 1. The van der Waals surface area contributed by atoms with Crippen molar-refractivity contribution < 1.29 is 43.0 Å². The van der Waals surface area contributed by atoms with Crippen LogP contribution in [-0.4, -0.2) is 125 Å². The summed E-state index contributed by atoms with van der Waals surface area (Å²) in [7, 11) is 4.89. The molecule has 3 aliphatic rings. The standard InChI is InChI=1S/C52H76N6O9S/c1-9-35(4)47(56(6)51(65)38(34(2)3)32-42(59)52(25-15-16-26-52)55-43(60)22-14-11-17-28-58-44(61)23-24-45(58)62)41(66-7)33-46(63)57-29-18-21-40(57)48(67-8)36(5)49(64)54-39(50-53-27-30-68-50)31-37-19-12-10-13-20-37/h10,12-13,19-20,23-24,27,30,34-36,38-41,47-48H,9,11,14-18,21-22,25-26,28-29,31-33H2,1-8H3,(H,54,64)(H,55,60)/t35-,36+,38-,39-,40-,41+,47-,48+/m0/s1. The van der Waals surface area contributed by atoms with Crippen molar-refractivity contribution in [1.82, 2.24) is 30.3 Å². The van der Waals surface area contributed by atoms with Crippen LogP contribution in [0.1, 0.15) is 135 Å². The first kappa shape index (κ1) is 54.1. The van der Waals surface area contributed by atoms with Gasteiger partial charge in [-0.3, -0.25) is 38.5 Å². The molecule has 0 spiro atoms. The molecule has 2 aliphatic heterocycles. The highest BCUT2D eigenvalue weighted by Crippen LogP contribution is 2.36. The fourth-order valence-corrected chi connectivity index (χ4v) is 11.2. The van der Waals surface area contributed by atoms with Crippen LogP contribution >= 0.6 is 11.3 Å². The summed E-state index contributed by atoms with van der Waals surface area (Å²) >= 11 is 1.49. The molecule has 5 rings (SSSR count). The maximum Gasteiger partial charge on any atom is 0.253 e. The van der Waals surface area contributed by atoms with Gasteiger partial charge in [-0.1, -0.05) is 90.6 Å². The number of likely N-dealkylation sites (tertiary alicyclic amines) is 1. The third kappa shape index (κ3) is 13.7. The average Bonchev–Trinajstić information content (AvgIpc) is 4.18. The Labute approximate surface area is 407 Å². The van der Waals surface area contributed by atoms with E-state index in [1.807, 2.05) is 75.2 Å². The Balaban J connectivity index is 1.22. The van der Waals surface area contributed by atoms with Gasteiger partial charge in [-0.25, -0.2) is 4.98 Å². The first-order valence-electron chi connectivity index (χ1n) is 24.8. The number of hydrogen-bond acceptors (Lipinski definition) is 11. The van der Waals surface area contributed by atoms with E-state index in [9.17, 15) is 33.6 Å². The molecule has 3 heterocycles. The van der Waals surface area contributed by atoms with E-state index in [2.05, 4.69) is 15.6 Å². The zero-order chi connectivity index (χ0) is 49.5. The van der Waals surface area contributed by atoms with E-state index in [-0.39, 0.29) is 84.4 Å². The summed E-state index contributed by atoms with van der Waals surface area (Å²) in [5, 5.41) is 9.03. The second-order valence-corrected chi connectivity index (χ2v) is 20.4. The molecule has 16 heteroatoms. The number of thiazole rings is 1. The summed E-state index contributed by atoms with van der Waals surface area (Å²) in [6.45, 7) is 10.6. The first-order chi connectivity index (χ1) is 32.5. The molecule has 1 aliphatic carbocycles. The summed E-state index contributed by atoms with van der Waals surface area (Å²) in [6, 6.07) is 8.79. The summed E-state index contributed by atoms with van der Waals surface area (Å²) < 4.78 is 12.2. The van der Waals surface area contributed by atoms with Gasteiger partial charge in [-0.15, -0.1) is 11.3 Å². The second-order valence-electron chi connectivity index (χ2n) is 19.5. The smallest absolute Gasteiger partial charge is 0.253 e. The molecule has 1 aromatic heterocycles. The number of carbonyl (C=O) groups is 7. The molecule has 1 saturated carbocycles. The molecular weight excluding hydrogens is 885 g/mol. The van der Waals surface area contributed by atoms with Gasteiger partial charge in [0.15, 0.2) is 5.78 Å². The number of imide groups is 1. The molecule has 68 heavy (non-hydrogen) atoms. The summed E-state index contributed by atoms with van der Waals surface area (Å²) in [5.41, 5.74) is 0.0308. The van der Waals surface area contributed by atoms with Gasteiger partial charge in [0.1, 0.15) is 5.01 Å². The number of methoxy groups -OCH3 is 2. The van der Waals surface area contributed by atoms with E-state index in [1.54, 1.807) is 32.4 Å². The van der Waals surface area contributed by atoms with E-state index in [1.165, 1.54) is 28.4 Å². The van der Waals surface area contributed by atoms with Crippen molar-refractivity contribution in [3.8, 4) is 0 Å². The van der Waals surface area contributed by atoms with E-state index >= 15 is 0 Å². The minimum atomic E-state index is -1.05. The van der Waals surface area contributed by atoms with E-state index in [0.717, 1.165) is 29.8 Å². The highest BCUT2D eigenvalue weighted by molar-refractivity contribution is 7.09. The number of amides is 6. The van der Waals surface area contributed by atoms with E-state index in [4.69, 9.17) is 9.47 Å². The minimum absolute atomic E-state index is 0.00592. The Kier molecular flexibility index (Phi) is 20.5. The molecule has 0 radical (unpaired) electrons. The number of aromatic nitrogens is 1. The Bertz CT molecular complexity index is 2020. The van der Waals surface area contributed by atoms with Crippen LogP contribution in [0.5, 0.6) is 0 Å². The van der Waals surface area contributed by atoms with Gasteiger partial charge in [0.05, 0.1) is 48.2 Å². The van der Waals surface area contributed by atoms with Gasteiger partial charge in [0.25, 0.3) is 11.8 Å². The van der Waals surface area contributed by atoms with Crippen LogP contribution in [0.25, 0.3) is 0 Å². The molecule has 374 valence electrons. The molecule has 15 nitrogen and oxygen atoms in total. The second kappa shape index (κ2) is 25.7. The van der Waals surface area contributed by atoms with Crippen LogP contribution in [0.4, 0.5) is 0 Å². The van der Waals surface area contributed by atoms with Gasteiger partial charge in [0.2, 0.25) is 23.6 Å². The number of ketones is 1. The number of nitrogens with one attached hydrogen (secondary N) is 2. The number of ether oxygens (including phenoxy) is 2. The number of hydrogen-bond donors (Lipinski definition) is 2. The zero-order valence-corrected chi connectivity index (χ0v) is 42.4. The van der Waals surface area contributed by atoms with Crippen LogP contribution in [0.3, 0.4) is 0 Å². The van der Waals surface area contributed by atoms with Crippen LogP contribution in [0.15, 0.2) is 54.1 Å². The lowest BCUT2D eigenvalue weighted by atomic mass is 9.80. The lowest BCUT2D eigenvalue weighted by Gasteiger charge is -2.41. The van der Waals surface area contributed by atoms with Crippen molar-refractivity contribution >= 4 is 52.6 Å². The van der Waals surface area contributed by atoms with E-state index in [0.29, 0.717) is 64.5 Å². The van der Waals surface area contributed by atoms with Gasteiger partial charge in [-0.2, -0.15) is 0 Å². The van der Waals surface area contributed by atoms with Crippen molar-refractivity contribution in [2.45, 2.75) is 160 Å². The molecule has 2 N–H and O–H groups in total. The molecule has 6 amide bonds. The molecule has 1 saturated heterocycles.